The Bertz CT molecular complexity index is 1220. The third-order valence-corrected chi connectivity index (χ3v) is 6.28. The summed E-state index contributed by atoms with van der Waals surface area (Å²) in [6.45, 7) is 19.8. The van der Waals surface area contributed by atoms with Gasteiger partial charge in [0.1, 0.15) is 5.75 Å². The van der Waals surface area contributed by atoms with Gasteiger partial charge in [-0.05, 0) is 47.4 Å². The third kappa shape index (κ3) is 5.19. The average Bonchev–Trinajstić information content (AvgIpc) is 2.73. The largest absolute Gasteiger partial charge is 0.496 e. The van der Waals surface area contributed by atoms with Crippen LogP contribution in [0.3, 0.4) is 0 Å². The zero-order chi connectivity index (χ0) is 25.4. The van der Waals surface area contributed by atoms with Gasteiger partial charge in [-0.25, -0.2) is 0 Å². The monoisotopic (exact) mass is 461 g/mol. The van der Waals surface area contributed by atoms with Crippen LogP contribution in [0.1, 0.15) is 71.2 Å². The molecule has 34 heavy (non-hydrogen) atoms. The predicted octanol–water partition coefficient (Wildman–Crippen LogP) is 6.12. The number of aliphatic imine (C=N–C) groups is 1. The second kappa shape index (κ2) is 9.28. The maximum absolute atomic E-state index is 12.9. The Labute approximate surface area is 204 Å². The van der Waals surface area contributed by atoms with E-state index < -0.39 is 0 Å². The molecule has 5 heteroatoms. The second-order valence-corrected chi connectivity index (χ2v) is 11.6. The topological polar surface area (TPSA) is 69.6 Å². The van der Waals surface area contributed by atoms with Crippen LogP contribution in [0, 0.1) is 10.8 Å². The van der Waals surface area contributed by atoms with Gasteiger partial charge in [0.2, 0.25) is 0 Å². The van der Waals surface area contributed by atoms with Crippen molar-refractivity contribution >= 4 is 17.4 Å². The van der Waals surface area contributed by atoms with Gasteiger partial charge in [-0.3, -0.25) is 9.79 Å². The van der Waals surface area contributed by atoms with Crippen molar-refractivity contribution in [1.82, 2.24) is 4.57 Å². The van der Waals surface area contributed by atoms with Gasteiger partial charge in [-0.2, -0.15) is 0 Å². The highest BCUT2D eigenvalue weighted by molar-refractivity contribution is 6.11. The molecular weight excluding hydrogens is 422 g/mol. The van der Waals surface area contributed by atoms with E-state index in [9.17, 15) is 4.79 Å². The molecule has 0 aliphatic carbocycles. The molecule has 2 heterocycles. The molecule has 0 radical (unpaired) electrons. The van der Waals surface area contributed by atoms with Crippen molar-refractivity contribution in [3.8, 4) is 17.0 Å². The van der Waals surface area contributed by atoms with Crippen LogP contribution >= 0.6 is 0 Å². The molecule has 1 aromatic heterocycles. The molecule has 0 saturated heterocycles. The lowest BCUT2D eigenvalue weighted by atomic mass is 9.78. The Morgan fingerprint density at radius 3 is 2.41 bits per heavy atom. The number of hydrogen-bond acceptors (Lipinski definition) is 4. The molecule has 3 rings (SSSR count). The minimum atomic E-state index is -0.0192. The van der Waals surface area contributed by atoms with Crippen LogP contribution in [0.4, 0.5) is 0 Å². The fourth-order valence-electron chi connectivity index (χ4n) is 4.42. The van der Waals surface area contributed by atoms with Crippen LogP contribution in [-0.2, 0) is 6.42 Å². The van der Waals surface area contributed by atoms with E-state index in [2.05, 4.69) is 63.7 Å². The van der Waals surface area contributed by atoms with Crippen molar-refractivity contribution in [1.29, 1.82) is 0 Å². The van der Waals surface area contributed by atoms with E-state index in [1.165, 1.54) is 5.56 Å². The molecule has 2 N–H and O–H groups in total. The quantitative estimate of drug-likeness (QED) is 0.546. The number of nitrogens with zero attached hydrogens (tertiary/aromatic N) is 2. The summed E-state index contributed by atoms with van der Waals surface area (Å²) in [5.74, 6) is 0.704. The minimum Gasteiger partial charge on any atom is -0.496 e. The summed E-state index contributed by atoms with van der Waals surface area (Å²) in [5.41, 5.74) is 12.3. The zero-order valence-corrected chi connectivity index (χ0v) is 22.0. The average molecular weight is 462 g/mol. The van der Waals surface area contributed by atoms with Crippen molar-refractivity contribution in [2.45, 2.75) is 60.9 Å². The number of rotatable bonds is 5. The van der Waals surface area contributed by atoms with Gasteiger partial charge in [0.15, 0.2) is 5.43 Å². The maximum atomic E-state index is 12.9. The van der Waals surface area contributed by atoms with Gasteiger partial charge in [0, 0.05) is 59.5 Å². The molecule has 1 unspecified atom stereocenters. The van der Waals surface area contributed by atoms with Crippen LogP contribution in [0.25, 0.3) is 22.4 Å². The molecule has 5 nitrogen and oxygen atoms in total. The third-order valence-electron chi connectivity index (χ3n) is 6.28. The van der Waals surface area contributed by atoms with Gasteiger partial charge < -0.3 is 15.0 Å². The number of ether oxygens (including phenoxy) is 1. The minimum absolute atomic E-state index is 0.0147. The molecular formula is C29H39N3O2. The Kier molecular flexibility index (Phi) is 6.97. The normalized spacial score (nSPS) is 16.4. The van der Waals surface area contributed by atoms with Gasteiger partial charge in [-0.15, -0.1) is 0 Å². The summed E-state index contributed by atoms with van der Waals surface area (Å²) in [6, 6.07) is 6.09. The van der Waals surface area contributed by atoms with Crippen molar-refractivity contribution in [2.24, 2.45) is 21.6 Å². The molecule has 2 aromatic rings. The van der Waals surface area contributed by atoms with E-state index in [-0.39, 0.29) is 22.3 Å². The van der Waals surface area contributed by atoms with Crippen molar-refractivity contribution in [2.75, 3.05) is 13.7 Å². The van der Waals surface area contributed by atoms with Crippen molar-refractivity contribution in [3.05, 3.63) is 64.1 Å². The van der Waals surface area contributed by atoms with E-state index >= 15 is 0 Å². The van der Waals surface area contributed by atoms with Crippen LogP contribution in [0.2, 0.25) is 0 Å². The first-order valence-corrected chi connectivity index (χ1v) is 11.8. The molecule has 1 aliphatic heterocycles. The number of pyridine rings is 1. The molecule has 1 aromatic carbocycles. The number of benzene rings is 1. The van der Waals surface area contributed by atoms with Gasteiger partial charge >= 0.3 is 0 Å². The number of aromatic nitrogens is 1. The number of fused-ring (bicyclic) bond motifs is 3. The van der Waals surface area contributed by atoms with Crippen LogP contribution in [0.15, 0.2) is 47.0 Å². The molecule has 0 fully saturated rings. The molecule has 0 spiro atoms. The summed E-state index contributed by atoms with van der Waals surface area (Å²) < 4.78 is 8.03. The fraction of sp³-hybridized carbons (Fsp3) is 0.448. The number of hydrogen-bond donors (Lipinski definition) is 1. The summed E-state index contributed by atoms with van der Waals surface area (Å²) in [4.78, 5) is 17.5. The van der Waals surface area contributed by atoms with Crippen molar-refractivity contribution < 1.29 is 4.74 Å². The second-order valence-electron chi connectivity index (χ2n) is 11.6. The SMILES string of the molecule is C=C(C)c1cn2c(cc1=O)-c1cc(OC)c(C(C=NCC(C)(C)C)=CN)cc1CC2C(C)(C)C. The molecule has 1 atom stereocenters. The van der Waals surface area contributed by atoms with E-state index in [1.54, 1.807) is 19.4 Å². The number of methoxy groups -OCH3 is 1. The van der Waals surface area contributed by atoms with E-state index in [4.69, 9.17) is 10.5 Å². The van der Waals surface area contributed by atoms with Gasteiger partial charge in [0.25, 0.3) is 0 Å². The highest BCUT2D eigenvalue weighted by Gasteiger charge is 2.33. The lowest BCUT2D eigenvalue weighted by molar-refractivity contribution is 0.237. The van der Waals surface area contributed by atoms with Crippen LogP contribution in [-0.4, -0.2) is 24.4 Å². The molecule has 182 valence electrons. The predicted molar refractivity (Wildman–Crippen MR) is 145 cm³/mol. The lowest BCUT2D eigenvalue weighted by Crippen LogP contribution is -2.32. The summed E-state index contributed by atoms with van der Waals surface area (Å²) in [7, 11) is 1.66. The van der Waals surface area contributed by atoms with Crippen LogP contribution < -0.4 is 15.9 Å². The van der Waals surface area contributed by atoms with Crippen molar-refractivity contribution in [3.63, 3.8) is 0 Å². The van der Waals surface area contributed by atoms with Crippen LogP contribution in [0.5, 0.6) is 5.75 Å². The Hall–Kier alpha value is -3.08. The standard InChI is InChI=1S/C29H39N3O2/c1-18(2)23-16-32-24(13-25(23)33)21-12-26(34-9)22(10-19(21)11-27(32)29(6,7)8)20(14-30)15-31-17-28(3,4)5/h10,12-16,27H,1,11,17,30H2,2-9H3. The maximum Gasteiger partial charge on any atom is 0.189 e. The first kappa shape index (κ1) is 25.5. The molecule has 1 aliphatic rings. The van der Waals surface area contributed by atoms with E-state index in [1.807, 2.05) is 25.4 Å². The Morgan fingerprint density at radius 1 is 1.21 bits per heavy atom. The highest BCUT2D eigenvalue weighted by atomic mass is 16.5. The lowest BCUT2D eigenvalue weighted by Gasteiger charge is -2.39. The first-order valence-electron chi connectivity index (χ1n) is 11.8. The van der Waals surface area contributed by atoms with Gasteiger partial charge in [0.05, 0.1) is 12.8 Å². The summed E-state index contributed by atoms with van der Waals surface area (Å²) in [6.07, 6.45) is 6.22. The summed E-state index contributed by atoms with van der Waals surface area (Å²) in [5, 5.41) is 0. The first-order chi connectivity index (χ1) is 15.8. The number of nitrogens with two attached hydrogens (primary N) is 1. The Balaban J connectivity index is 2.22. The van der Waals surface area contributed by atoms with Gasteiger partial charge in [-0.1, -0.05) is 48.1 Å². The summed E-state index contributed by atoms with van der Waals surface area (Å²) >= 11 is 0. The fourth-order valence-corrected chi connectivity index (χ4v) is 4.42. The molecule has 0 amide bonds. The molecule has 0 bridgehead atoms. The Morgan fingerprint density at radius 2 is 1.88 bits per heavy atom. The smallest absolute Gasteiger partial charge is 0.189 e. The molecule has 0 saturated carbocycles. The number of allylic oxidation sites excluding steroid dienone is 2. The van der Waals surface area contributed by atoms with E-state index in [0.717, 1.165) is 34.4 Å². The highest BCUT2D eigenvalue weighted by Crippen LogP contribution is 2.45. The zero-order valence-electron chi connectivity index (χ0n) is 22.0. The van der Waals surface area contributed by atoms with E-state index in [0.29, 0.717) is 17.9 Å².